The third kappa shape index (κ3) is 3.26. The van der Waals surface area contributed by atoms with Gasteiger partial charge in [-0.05, 0) is 43.2 Å². The number of amides is 1. The highest BCUT2D eigenvalue weighted by Crippen LogP contribution is 2.14. The zero-order valence-electron chi connectivity index (χ0n) is 12.2. The maximum Gasteiger partial charge on any atom is 0.239 e. The molecule has 0 radical (unpaired) electrons. The summed E-state index contributed by atoms with van der Waals surface area (Å²) >= 11 is 0. The van der Waals surface area contributed by atoms with Crippen LogP contribution < -0.4 is 10.6 Å². The molecule has 0 aliphatic carbocycles. The monoisotopic (exact) mass is 295 g/mol. The van der Waals surface area contributed by atoms with Gasteiger partial charge in [-0.1, -0.05) is 0 Å². The topological polar surface area (TPSA) is 82.7 Å². The number of hydrogen-bond donors (Lipinski definition) is 2. The van der Waals surface area contributed by atoms with Crippen LogP contribution in [-0.2, 0) is 24.3 Å². The third-order valence-corrected chi connectivity index (χ3v) is 3.65. The fourth-order valence-electron chi connectivity index (χ4n) is 2.50. The van der Waals surface area contributed by atoms with Crippen LogP contribution in [0.5, 0.6) is 0 Å². The van der Waals surface area contributed by atoms with Gasteiger partial charge in [-0.2, -0.15) is 10.4 Å². The van der Waals surface area contributed by atoms with E-state index in [9.17, 15) is 4.79 Å². The molecular weight excluding hydrogens is 278 g/mol. The second-order valence-electron chi connectivity index (χ2n) is 5.27. The maximum atomic E-state index is 11.8. The molecule has 1 aliphatic heterocycles. The number of benzene rings is 1. The number of anilines is 1. The van der Waals surface area contributed by atoms with E-state index >= 15 is 0 Å². The second kappa shape index (κ2) is 6.31. The van der Waals surface area contributed by atoms with E-state index < -0.39 is 0 Å². The predicted octanol–water partition coefficient (Wildman–Crippen LogP) is 1.43. The summed E-state index contributed by atoms with van der Waals surface area (Å²) in [5.74, 6) is -0.0856. The number of aryl methyl sites for hydroxylation is 2. The van der Waals surface area contributed by atoms with Gasteiger partial charge < -0.3 is 10.6 Å². The molecule has 1 aromatic carbocycles. The van der Waals surface area contributed by atoms with E-state index in [1.54, 1.807) is 24.3 Å². The number of nitrogens with zero attached hydrogens (tertiary/aromatic N) is 3. The molecule has 1 amide bonds. The van der Waals surface area contributed by atoms with Crippen molar-refractivity contribution in [2.75, 3.05) is 11.9 Å². The number of hydrogen-bond acceptors (Lipinski definition) is 4. The number of carbonyl (C=O) groups is 1. The molecule has 0 atom stereocenters. The van der Waals surface area contributed by atoms with Crippen LogP contribution in [0.25, 0.3) is 0 Å². The molecule has 0 unspecified atom stereocenters. The summed E-state index contributed by atoms with van der Waals surface area (Å²) in [6.07, 6.45) is 2.23. The molecule has 22 heavy (non-hydrogen) atoms. The number of aromatic nitrogens is 2. The van der Waals surface area contributed by atoms with Crippen LogP contribution in [0.2, 0.25) is 0 Å². The molecule has 0 spiro atoms. The Bertz CT molecular complexity index is 690. The highest BCUT2D eigenvalue weighted by molar-refractivity contribution is 5.80. The Morgan fingerprint density at radius 1 is 1.36 bits per heavy atom. The number of rotatable bonds is 5. The van der Waals surface area contributed by atoms with Gasteiger partial charge in [-0.3, -0.25) is 9.48 Å². The van der Waals surface area contributed by atoms with Crippen LogP contribution in [0.4, 0.5) is 5.69 Å². The first-order valence-corrected chi connectivity index (χ1v) is 7.31. The van der Waals surface area contributed by atoms with E-state index in [1.807, 2.05) is 4.68 Å². The number of fused-ring (bicyclic) bond motifs is 1. The van der Waals surface area contributed by atoms with Crippen LogP contribution in [0.15, 0.2) is 30.3 Å². The maximum absolute atomic E-state index is 11.8. The van der Waals surface area contributed by atoms with Crippen LogP contribution >= 0.6 is 0 Å². The highest BCUT2D eigenvalue weighted by atomic mass is 16.1. The quantitative estimate of drug-likeness (QED) is 0.874. The molecule has 2 aromatic rings. The molecule has 6 heteroatoms. The van der Waals surface area contributed by atoms with E-state index in [-0.39, 0.29) is 12.5 Å². The van der Waals surface area contributed by atoms with Crippen molar-refractivity contribution in [3.63, 3.8) is 0 Å². The van der Waals surface area contributed by atoms with E-state index in [0.29, 0.717) is 12.1 Å². The van der Waals surface area contributed by atoms with Gasteiger partial charge in [-0.15, -0.1) is 0 Å². The van der Waals surface area contributed by atoms with Crippen LogP contribution in [0.3, 0.4) is 0 Å². The van der Waals surface area contributed by atoms with Gasteiger partial charge in [0.1, 0.15) is 0 Å². The summed E-state index contributed by atoms with van der Waals surface area (Å²) in [4.78, 5) is 11.8. The SMILES string of the molecule is N#Cc1ccc(NCC(=O)NCc2cc3n(n2)CCC3)cc1. The van der Waals surface area contributed by atoms with Gasteiger partial charge in [-0.25, -0.2) is 0 Å². The van der Waals surface area contributed by atoms with E-state index in [0.717, 1.165) is 30.8 Å². The minimum Gasteiger partial charge on any atom is -0.376 e. The summed E-state index contributed by atoms with van der Waals surface area (Å²) in [5, 5.41) is 19.1. The summed E-state index contributed by atoms with van der Waals surface area (Å²) in [6.45, 7) is 1.62. The molecule has 1 aromatic heterocycles. The highest BCUT2D eigenvalue weighted by Gasteiger charge is 2.13. The predicted molar refractivity (Wildman–Crippen MR) is 82.0 cm³/mol. The average Bonchev–Trinajstić information content (AvgIpc) is 3.12. The zero-order valence-corrected chi connectivity index (χ0v) is 12.2. The van der Waals surface area contributed by atoms with Crippen molar-refractivity contribution in [1.82, 2.24) is 15.1 Å². The Labute approximate surface area is 128 Å². The van der Waals surface area contributed by atoms with Gasteiger partial charge in [0, 0.05) is 17.9 Å². The van der Waals surface area contributed by atoms with Crippen molar-refractivity contribution in [2.24, 2.45) is 0 Å². The normalized spacial score (nSPS) is 12.5. The Morgan fingerprint density at radius 2 is 2.18 bits per heavy atom. The first-order chi connectivity index (χ1) is 10.7. The van der Waals surface area contributed by atoms with Crippen molar-refractivity contribution in [1.29, 1.82) is 5.26 Å². The standard InChI is InChI=1S/C16H17N5O/c17-9-12-3-5-13(6-4-12)18-11-16(22)19-10-14-8-15-2-1-7-21(15)20-14/h3-6,8,18H,1-2,7,10-11H2,(H,19,22). The van der Waals surface area contributed by atoms with E-state index in [1.165, 1.54) is 5.69 Å². The third-order valence-electron chi connectivity index (χ3n) is 3.65. The lowest BCUT2D eigenvalue weighted by Crippen LogP contribution is -2.29. The fraction of sp³-hybridized carbons (Fsp3) is 0.312. The molecule has 0 saturated carbocycles. The Morgan fingerprint density at radius 3 is 2.91 bits per heavy atom. The van der Waals surface area contributed by atoms with Crippen LogP contribution in [-0.4, -0.2) is 22.2 Å². The molecule has 0 saturated heterocycles. The Hall–Kier alpha value is -2.81. The molecule has 3 rings (SSSR count). The Kier molecular flexibility index (Phi) is 4.05. The van der Waals surface area contributed by atoms with Crippen molar-refractivity contribution in [3.8, 4) is 6.07 Å². The minimum absolute atomic E-state index is 0.0856. The van der Waals surface area contributed by atoms with Gasteiger partial charge in [0.15, 0.2) is 0 Å². The van der Waals surface area contributed by atoms with E-state index in [2.05, 4.69) is 27.9 Å². The second-order valence-corrected chi connectivity index (χ2v) is 5.27. The Balaban J connectivity index is 1.44. The van der Waals surface area contributed by atoms with Crippen molar-refractivity contribution in [2.45, 2.75) is 25.9 Å². The number of nitriles is 1. The molecule has 0 bridgehead atoms. The molecule has 1 aliphatic rings. The largest absolute Gasteiger partial charge is 0.376 e. The molecule has 0 fully saturated rings. The summed E-state index contributed by atoms with van der Waals surface area (Å²) < 4.78 is 2.01. The zero-order chi connectivity index (χ0) is 15.4. The van der Waals surface area contributed by atoms with Gasteiger partial charge >= 0.3 is 0 Å². The van der Waals surface area contributed by atoms with Crippen LogP contribution in [0.1, 0.15) is 23.4 Å². The molecular formula is C16H17N5O. The minimum atomic E-state index is -0.0856. The summed E-state index contributed by atoms with van der Waals surface area (Å²) in [5.41, 5.74) is 3.57. The first-order valence-electron chi connectivity index (χ1n) is 7.31. The smallest absolute Gasteiger partial charge is 0.239 e. The fourth-order valence-corrected chi connectivity index (χ4v) is 2.50. The van der Waals surface area contributed by atoms with E-state index in [4.69, 9.17) is 5.26 Å². The molecule has 2 heterocycles. The summed E-state index contributed by atoms with van der Waals surface area (Å²) in [7, 11) is 0. The average molecular weight is 295 g/mol. The molecule has 2 N–H and O–H groups in total. The first kappa shape index (κ1) is 14.1. The van der Waals surface area contributed by atoms with Gasteiger partial charge in [0.2, 0.25) is 5.91 Å². The lowest BCUT2D eigenvalue weighted by Gasteiger charge is -2.07. The number of carbonyl (C=O) groups excluding carboxylic acids is 1. The van der Waals surface area contributed by atoms with Crippen LogP contribution in [0, 0.1) is 11.3 Å². The van der Waals surface area contributed by atoms with Crippen molar-refractivity contribution >= 4 is 11.6 Å². The van der Waals surface area contributed by atoms with Crippen molar-refractivity contribution < 1.29 is 4.79 Å². The van der Waals surface area contributed by atoms with Gasteiger partial charge in [0.25, 0.3) is 0 Å². The molecule has 112 valence electrons. The number of nitrogens with one attached hydrogen (secondary N) is 2. The lowest BCUT2D eigenvalue weighted by atomic mass is 10.2. The summed E-state index contributed by atoms with van der Waals surface area (Å²) in [6, 6.07) is 11.1. The lowest BCUT2D eigenvalue weighted by molar-refractivity contribution is -0.119. The van der Waals surface area contributed by atoms with Crippen molar-refractivity contribution in [3.05, 3.63) is 47.3 Å². The molecule has 6 nitrogen and oxygen atoms in total. The van der Waals surface area contributed by atoms with Gasteiger partial charge in [0.05, 0.1) is 30.4 Å².